The van der Waals surface area contributed by atoms with Gasteiger partial charge in [-0.15, -0.1) is 5.73 Å². The second-order valence-corrected chi connectivity index (χ2v) is 0.637. The Labute approximate surface area is 32.0 Å². The van der Waals surface area contributed by atoms with Gasteiger partial charge in [0, 0.05) is 13.2 Å². The first-order valence-electron chi connectivity index (χ1n) is 1.43. The van der Waals surface area contributed by atoms with Crippen LogP contribution in [-0.4, -0.2) is 7.05 Å². The fraction of sp³-hybridized carbons (Fsp3) is 0.250. The van der Waals surface area contributed by atoms with Crippen molar-refractivity contribution in [2.24, 2.45) is 0 Å². The van der Waals surface area contributed by atoms with Crippen molar-refractivity contribution in [3.8, 4) is 0 Å². The standard InChI is InChI=1S/C4H7N/c1-3-4-5-2/h4-5H,1H2,2H3. The maximum absolute atomic E-state index is 3.31. The SMILES string of the molecule is C=C=CNC. The summed E-state index contributed by atoms with van der Waals surface area (Å²) < 4.78 is 0. The lowest BCUT2D eigenvalue weighted by atomic mass is 10.9. The summed E-state index contributed by atoms with van der Waals surface area (Å²) in [5.41, 5.74) is 2.53. The molecular formula is C4H7N. The van der Waals surface area contributed by atoms with Crippen molar-refractivity contribution in [3.63, 3.8) is 0 Å². The largest absolute Gasteiger partial charge is 0.388 e. The third-order valence-electron chi connectivity index (χ3n) is 0.246. The van der Waals surface area contributed by atoms with Crippen LogP contribution in [-0.2, 0) is 0 Å². The van der Waals surface area contributed by atoms with E-state index >= 15 is 0 Å². The molecule has 0 aliphatic rings. The molecule has 5 heavy (non-hydrogen) atoms. The van der Waals surface area contributed by atoms with Gasteiger partial charge in [0.1, 0.15) is 0 Å². The molecule has 0 aromatic rings. The van der Waals surface area contributed by atoms with E-state index in [1.54, 1.807) is 13.2 Å². The highest BCUT2D eigenvalue weighted by Gasteiger charge is 1.40. The van der Waals surface area contributed by atoms with Crippen molar-refractivity contribution in [3.05, 3.63) is 18.5 Å². The first kappa shape index (κ1) is 4.32. The van der Waals surface area contributed by atoms with Gasteiger partial charge in [-0.3, -0.25) is 0 Å². The quantitative estimate of drug-likeness (QED) is 0.442. The van der Waals surface area contributed by atoms with Gasteiger partial charge in [0.25, 0.3) is 0 Å². The summed E-state index contributed by atoms with van der Waals surface area (Å²) in [6.45, 7) is 3.31. The highest BCUT2D eigenvalue weighted by atomic mass is 14.8. The lowest BCUT2D eigenvalue weighted by Crippen LogP contribution is -1.88. The summed E-state index contributed by atoms with van der Waals surface area (Å²) in [6, 6.07) is 0. The minimum atomic E-state index is 1.64. The second-order valence-electron chi connectivity index (χ2n) is 0.637. The topological polar surface area (TPSA) is 12.0 Å². The molecule has 0 radical (unpaired) electrons. The summed E-state index contributed by atoms with van der Waals surface area (Å²) in [6.07, 6.45) is 1.64. The van der Waals surface area contributed by atoms with E-state index in [9.17, 15) is 0 Å². The summed E-state index contributed by atoms with van der Waals surface area (Å²) in [4.78, 5) is 0. The molecule has 0 aromatic carbocycles. The number of nitrogens with one attached hydrogen (secondary N) is 1. The van der Waals surface area contributed by atoms with Crippen molar-refractivity contribution in [1.29, 1.82) is 0 Å². The van der Waals surface area contributed by atoms with Crippen LogP contribution in [0.3, 0.4) is 0 Å². The van der Waals surface area contributed by atoms with E-state index < -0.39 is 0 Å². The molecule has 28 valence electrons. The Bertz CT molecular complexity index is 50.7. The number of rotatable bonds is 1. The van der Waals surface area contributed by atoms with Gasteiger partial charge in [0.2, 0.25) is 0 Å². The molecule has 1 N–H and O–H groups in total. The minimum absolute atomic E-state index is 1.64. The Kier molecular flexibility index (Phi) is 2.87. The Morgan fingerprint density at radius 3 is 2.60 bits per heavy atom. The smallest absolute Gasteiger partial charge is 0.0388 e. The number of hydrogen-bond acceptors (Lipinski definition) is 1. The Balaban J connectivity index is 2.93. The van der Waals surface area contributed by atoms with Gasteiger partial charge in [0.05, 0.1) is 0 Å². The Hall–Kier alpha value is -0.680. The average Bonchev–Trinajstić information content (AvgIpc) is 1.41. The molecule has 0 saturated carbocycles. The first-order chi connectivity index (χ1) is 2.41. The molecule has 0 fully saturated rings. The molecule has 1 heteroatoms. The van der Waals surface area contributed by atoms with Gasteiger partial charge in [-0.1, -0.05) is 6.58 Å². The van der Waals surface area contributed by atoms with Crippen LogP contribution in [0, 0.1) is 0 Å². The molecule has 0 spiro atoms. The summed E-state index contributed by atoms with van der Waals surface area (Å²) in [7, 11) is 1.80. The fourth-order valence-corrected chi connectivity index (χ4v) is 0.102. The van der Waals surface area contributed by atoms with Gasteiger partial charge in [-0.2, -0.15) is 0 Å². The van der Waals surface area contributed by atoms with Crippen LogP contribution >= 0.6 is 0 Å². The van der Waals surface area contributed by atoms with E-state index in [-0.39, 0.29) is 0 Å². The Morgan fingerprint density at radius 2 is 2.60 bits per heavy atom. The molecule has 0 atom stereocenters. The molecule has 0 aliphatic carbocycles. The van der Waals surface area contributed by atoms with Crippen LogP contribution in [0.15, 0.2) is 18.5 Å². The maximum Gasteiger partial charge on any atom is 0.0388 e. The average molecular weight is 69.1 g/mol. The van der Waals surface area contributed by atoms with E-state index in [0.717, 1.165) is 0 Å². The van der Waals surface area contributed by atoms with Gasteiger partial charge in [-0.05, 0) is 0 Å². The fourth-order valence-electron chi connectivity index (χ4n) is 0.102. The maximum atomic E-state index is 3.31. The zero-order chi connectivity index (χ0) is 4.12. The minimum Gasteiger partial charge on any atom is -0.388 e. The molecule has 0 amide bonds. The Morgan fingerprint density at radius 1 is 2.00 bits per heavy atom. The van der Waals surface area contributed by atoms with Gasteiger partial charge < -0.3 is 5.32 Å². The third-order valence-corrected chi connectivity index (χ3v) is 0.246. The normalized spacial score (nSPS) is 5.00. The molecule has 0 saturated heterocycles. The van der Waals surface area contributed by atoms with Crippen LogP contribution in [0.4, 0.5) is 0 Å². The molecule has 0 unspecified atom stereocenters. The predicted molar refractivity (Wildman–Crippen MR) is 22.8 cm³/mol. The zero-order valence-corrected chi connectivity index (χ0v) is 3.28. The van der Waals surface area contributed by atoms with Crippen LogP contribution in [0.25, 0.3) is 0 Å². The van der Waals surface area contributed by atoms with E-state index in [1.807, 2.05) is 0 Å². The second kappa shape index (κ2) is 3.32. The highest BCUT2D eigenvalue weighted by molar-refractivity contribution is 4.69. The van der Waals surface area contributed by atoms with Gasteiger partial charge in [0.15, 0.2) is 0 Å². The van der Waals surface area contributed by atoms with Gasteiger partial charge >= 0.3 is 0 Å². The summed E-state index contributed by atoms with van der Waals surface area (Å²) in [5, 5.41) is 2.72. The van der Waals surface area contributed by atoms with E-state index in [0.29, 0.717) is 0 Å². The van der Waals surface area contributed by atoms with Crippen LogP contribution in [0.2, 0.25) is 0 Å². The van der Waals surface area contributed by atoms with Crippen LogP contribution < -0.4 is 5.32 Å². The van der Waals surface area contributed by atoms with E-state index in [2.05, 4.69) is 17.6 Å². The monoisotopic (exact) mass is 69.1 g/mol. The third kappa shape index (κ3) is 3.32. The van der Waals surface area contributed by atoms with Crippen molar-refractivity contribution in [2.45, 2.75) is 0 Å². The molecule has 0 bridgehead atoms. The van der Waals surface area contributed by atoms with Crippen LogP contribution in [0.1, 0.15) is 0 Å². The first-order valence-corrected chi connectivity index (χ1v) is 1.43. The molecule has 0 heterocycles. The zero-order valence-electron chi connectivity index (χ0n) is 3.28. The van der Waals surface area contributed by atoms with Crippen LogP contribution in [0.5, 0.6) is 0 Å². The lowest BCUT2D eigenvalue weighted by molar-refractivity contribution is 1.11. The molecule has 1 nitrogen and oxygen atoms in total. The van der Waals surface area contributed by atoms with E-state index in [4.69, 9.17) is 0 Å². The molecule has 0 aromatic heterocycles. The van der Waals surface area contributed by atoms with Crippen molar-refractivity contribution in [1.82, 2.24) is 5.32 Å². The molecule has 0 rings (SSSR count). The summed E-state index contributed by atoms with van der Waals surface area (Å²) in [5.74, 6) is 0. The highest BCUT2D eigenvalue weighted by Crippen LogP contribution is 1.41. The van der Waals surface area contributed by atoms with Gasteiger partial charge in [-0.25, -0.2) is 0 Å². The lowest BCUT2D eigenvalue weighted by Gasteiger charge is -1.71. The molecule has 0 aliphatic heterocycles. The van der Waals surface area contributed by atoms with Crippen molar-refractivity contribution in [2.75, 3.05) is 7.05 Å². The molecular weight excluding hydrogens is 62.1 g/mol. The van der Waals surface area contributed by atoms with Crippen molar-refractivity contribution >= 4 is 0 Å². The van der Waals surface area contributed by atoms with E-state index in [1.165, 1.54) is 0 Å². The predicted octanol–water partition coefficient (Wildman–Crippen LogP) is 0.504. The summed E-state index contributed by atoms with van der Waals surface area (Å²) >= 11 is 0. The number of hydrogen-bond donors (Lipinski definition) is 1. The van der Waals surface area contributed by atoms with Crippen molar-refractivity contribution < 1.29 is 0 Å².